The molecule has 2 rings (SSSR count). The number of rotatable bonds is 1. The topological polar surface area (TPSA) is 35.5 Å². The number of piperidine rings is 2. The largest absolute Gasteiger partial charge is 0.396 e. The summed E-state index contributed by atoms with van der Waals surface area (Å²) in [6.45, 7) is 3.70. The quantitative estimate of drug-likeness (QED) is 0.604. The van der Waals surface area contributed by atoms with E-state index in [4.69, 9.17) is 0 Å². The van der Waals surface area contributed by atoms with E-state index in [-0.39, 0.29) is 5.41 Å². The average molecular weight is 184 g/mol. The molecule has 2 saturated heterocycles. The van der Waals surface area contributed by atoms with Crippen LogP contribution < -0.4 is 5.32 Å². The molecule has 2 heterocycles. The lowest BCUT2D eigenvalue weighted by molar-refractivity contribution is -0.0110. The van der Waals surface area contributed by atoms with Gasteiger partial charge in [0, 0.05) is 18.0 Å². The molecule has 2 N–H and O–H groups in total. The van der Waals surface area contributed by atoms with E-state index in [9.17, 15) is 5.11 Å². The highest BCUT2D eigenvalue weighted by Gasteiger charge is 2.43. The highest BCUT2D eigenvalue weighted by Crippen LogP contribution is 2.36. The SMILES string of the molecule is CN1CC[C@@H]2NCCC[C@@]2(CO)C1. The molecule has 0 radical (unpaired) electrons. The smallest absolute Gasteiger partial charge is 0.0514 e. The van der Waals surface area contributed by atoms with Gasteiger partial charge in [-0.25, -0.2) is 0 Å². The van der Waals surface area contributed by atoms with Crippen LogP contribution in [0.25, 0.3) is 0 Å². The van der Waals surface area contributed by atoms with Crippen molar-refractivity contribution in [2.75, 3.05) is 33.3 Å². The molecule has 2 fully saturated rings. The molecule has 0 aromatic rings. The number of fused-ring (bicyclic) bond motifs is 1. The number of aliphatic hydroxyl groups excluding tert-OH is 1. The Labute approximate surface area is 80.1 Å². The van der Waals surface area contributed by atoms with Crippen LogP contribution in [-0.4, -0.2) is 49.3 Å². The van der Waals surface area contributed by atoms with Gasteiger partial charge in [-0.3, -0.25) is 0 Å². The van der Waals surface area contributed by atoms with Crippen LogP contribution in [0.15, 0.2) is 0 Å². The summed E-state index contributed by atoms with van der Waals surface area (Å²) in [6, 6.07) is 0.558. The van der Waals surface area contributed by atoms with Gasteiger partial charge in [-0.2, -0.15) is 0 Å². The lowest BCUT2D eigenvalue weighted by Crippen LogP contribution is -2.60. The zero-order valence-corrected chi connectivity index (χ0v) is 8.42. The van der Waals surface area contributed by atoms with Crippen LogP contribution in [0.2, 0.25) is 0 Å². The van der Waals surface area contributed by atoms with Crippen molar-refractivity contribution in [1.82, 2.24) is 10.2 Å². The fraction of sp³-hybridized carbons (Fsp3) is 1.00. The monoisotopic (exact) mass is 184 g/mol. The summed E-state index contributed by atoms with van der Waals surface area (Å²) in [5.74, 6) is 0. The van der Waals surface area contributed by atoms with Gasteiger partial charge in [-0.05, 0) is 39.4 Å². The Bertz CT molecular complexity index is 186. The number of hydrogen-bond acceptors (Lipinski definition) is 3. The lowest BCUT2D eigenvalue weighted by Gasteiger charge is -2.49. The van der Waals surface area contributed by atoms with Crippen molar-refractivity contribution in [2.24, 2.45) is 5.41 Å². The Hall–Kier alpha value is -0.120. The van der Waals surface area contributed by atoms with Crippen molar-refractivity contribution in [1.29, 1.82) is 0 Å². The van der Waals surface area contributed by atoms with E-state index in [2.05, 4.69) is 17.3 Å². The maximum atomic E-state index is 9.53. The van der Waals surface area contributed by atoms with Crippen molar-refractivity contribution in [2.45, 2.75) is 25.3 Å². The van der Waals surface area contributed by atoms with Gasteiger partial charge in [-0.15, -0.1) is 0 Å². The van der Waals surface area contributed by atoms with Gasteiger partial charge in [-0.1, -0.05) is 0 Å². The minimum absolute atomic E-state index is 0.158. The summed E-state index contributed by atoms with van der Waals surface area (Å²) in [5, 5.41) is 13.1. The van der Waals surface area contributed by atoms with Crippen LogP contribution >= 0.6 is 0 Å². The molecular formula is C10H20N2O. The maximum Gasteiger partial charge on any atom is 0.0514 e. The fourth-order valence-electron chi connectivity index (χ4n) is 2.91. The van der Waals surface area contributed by atoms with Crippen LogP contribution in [0.5, 0.6) is 0 Å². The number of aliphatic hydroxyl groups is 1. The second kappa shape index (κ2) is 3.56. The van der Waals surface area contributed by atoms with Gasteiger partial charge >= 0.3 is 0 Å². The van der Waals surface area contributed by atoms with Crippen molar-refractivity contribution in [3.05, 3.63) is 0 Å². The second-order valence-corrected chi connectivity index (χ2v) is 4.66. The molecule has 0 spiro atoms. The minimum Gasteiger partial charge on any atom is -0.396 e. The first-order valence-electron chi connectivity index (χ1n) is 5.30. The Kier molecular flexibility index (Phi) is 2.58. The minimum atomic E-state index is 0.158. The first-order valence-corrected chi connectivity index (χ1v) is 5.30. The van der Waals surface area contributed by atoms with Crippen molar-refractivity contribution >= 4 is 0 Å². The van der Waals surface area contributed by atoms with Gasteiger partial charge in [0.15, 0.2) is 0 Å². The molecule has 2 aliphatic rings. The van der Waals surface area contributed by atoms with Crippen molar-refractivity contribution in [3.8, 4) is 0 Å². The van der Waals surface area contributed by atoms with E-state index < -0.39 is 0 Å². The van der Waals surface area contributed by atoms with E-state index in [1.54, 1.807) is 0 Å². The average Bonchev–Trinajstić information content (AvgIpc) is 2.17. The van der Waals surface area contributed by atoms with E-state index in [0.717, 1.165) is 13.1 Å². The van der Waals surface area contributed by atoms with Gasteiger partial charge in [0.2, 0.25) is 0 Å². The molecule has 0 unspecified atom stereocenters. The van der Waals surface area contributed by atoms with Gasteiger partial charge in [0.05, 0.1) is 6.61 Å². The van der Waals surface area contributed by atoms with Crippen LogP contribution in [0.1, 0.15) is 19.3 Å². The molecular weight excluding hydrogens is 164 g/mol. The first kappa shape index (κ1) is 9.44. The summed E-state index contributed by atoms with van der Waals surface area (Å²) in [6.07, 6.45) is 3.59. The van der Waals surface area contributed by atoms with Gasteiger partial charge < -0.3 is 15.3 Å². The normalized spacial score (nSPS) is 41.5. The lowest BCUT2D eigenvalue weighted by atomic mass is 9.71. The summed E-state index contributed by atoms with van der Waals surface area (Å²) in [7, 11) is 2.15. The second-order valence-electron chi connectivity index (χ2n) is 4.66. The molecule has 0 aromatic carbocycles. The Morgan fingerprint density at radius 2 is 2.46 bits per heavy atom. The van der Waals surface area contributed by atoms with Crippen LogP contribution in [0, 0.1) is 5.41 Å². The molecule has 3 heteroatoms. The molecule has 2 atom stereocenters. The molecule has 2 aliphatic heterocycles. The maximum absolute atomic E-state index is 9.53. The van der Waals surface area contributed by atoms with Crippen LogP contribution in [0.3, 0.4) is 0 Å². The van der Waals surface area contributed by atoms with Crippen LogP contribution in [0.4, 0.5) is 0 Å². The number of likely N-dealkylation sites (tertiary alicyclic amines) is 1. The Morgan fingerprint density at radius 1 is 1.62 bits per heavy atom. The fourth-order valence-corrected chi connectivity index (χ4v) is 2.91. The van der Waals surface area contributed by atoms with E-state index in [1.807, 2.05) is 0 Å². The predicted octanol–water partition coefficient (Wildman–Crippen LogP) is 0.0526. The van der Waals surface area contributed by atoms with Crippen molar-refractivity contribution in [3.63, 3.8) is 0 Å². The standard InChI is InChI=1S/C10H20N2O/c1-12-6-3-9-10(7-12,8-13)4-2-5-11-9/h9,11,13H,2-8H2,1H3/t9-,10-/m0/s1. The predicted molar refractivity (Wildman–Crippen MR) is 52.7 cm³/mol. The number of nitrogens with one attached hydrogen (secondary N) is 1. The molecule has 3 nitrogen and oxygen atoms in total. The van der Waals surface area contributed by atoms with Crippen molar-refractivity contribution < 1.29 is 5.11 Å². The molecule has 0 amide bonds. The summed E-state index contributed by atoms with van der Waals surface area (Å²) in [4.78, 5) is 2.35. The summed E-state index contributed by atoms with van der Waals surface area (Å²) >= 11 is 0. The Morgan fingerprint density at radius 3 is 3.23 bits per heavy atom. The number of nitrogens with zero attached hydrogens (tertiary/aromatic N) is 1. The first-order chi connectivity index (χ1) is 6.27. The molecule has 0 bridgehead atoms. The highest BCUT2D eigenvalue weighted by atomic mass is 16.3. The molecule has 0 saturated carbocycles. The van der Waals surface area contributed by atoms with E-state index >= 15 is 0 Å². The molecule has 13 heavy (non-hydrogen) atoms. The third-order valence-corrected chi connectivity index (χ3v) is 3.68. The third kappa shape index (κ3) is 1.60. The highest BCUT2D eigenvalue weighted by molar-refractivity contribution is 4.99. The van der Waals surface area contributed by atoms with Gasteiger partial charge in [0.1, 0.15) is 0 Å². The molecule has 0 aliphatic carbocycles. The van der Waals surface area contributed by atoms with E-state index in [0.29, 0.717) is 12.6 Å². The molecule has 0 aromatic heterocycles. The molecule has 76 valence electrons. The van der Waals surface area contributed by atoms with E-state index in [1.165, 1.54) is 25.8 Å². The Balaban J connectivity index is 2.11. The zero-order chi connectivity index (χ0) is 9.31. The number of hydrogen-bond donors (Lipinski definition) is 2. The summed E-state index contributed by atoms with van der Waals surface area (Å²) in [5.41, 5.74) is 0.158. The summed E-state index contributed by atoms with van der Waals surface area (Å²) < 4.78 is 0. The third-order valence-electron chi connectivity index (χ3n) is 3.68. The van der Waals surface area contributed by atoms with Gasteiger partial charge in [0.25, 0.3) is 0 Å². The van der Waals surface area contributed by atoms with Crippen LogP contribution in [-0.2, 0) is 0 Å². The zero-order valence-electron chi connectivity index (χ0n) is 8.42.